The summed E-state index contributed by atoms with van der Waals surface area (Å²) < 4.78 is 27.6. The fourth-order valence-corrected chi connectivity index (χ4v) is 3.53. The van der Waals surface area contributed by atoms with Crippen molar-refractivity contribution in [3.63, 3.8) is 0 Å². The van der Waals surface area contributed by atoms with Gasteiger partial charge in [0.15, 0.2) is 11.6 Å². The minimum absolute atomic E-state index is 0.0966. The number of benzene rings is 1. The third-order valence-corrected chi connectivity index (χ3v) is 5.08. The van der Waals surface area contributed by atoms with Crippen LogP contribution >= 0.6 is 11.3 Å². The number of pyridine rings is 1. The lowest BCUT2D eigenvalue weighted by Gasteiger charge is -2.27. The molecule has 0 saturated carbocycles. The monoisotopic (exact) mass is 377 g/mol. The molecule has 0 aliphatic carbocycles. The highest BCUT2D eigenvalue weighted by molar-refractivity contribution is 7.11. The molecule has 0 fully saturated rings. The molecule has 8 heteroatoms. The molecule has 0 unspecified atom stereocenters. The van der Waals surface area contributed by atoms with Gasteiger partial charge >= 0.3 is 0 Å². The predicted octanol–water partition coefficient (Wildman–Crippen LogP) is 3.62. The van der Waals surface area contributed by atoms with Crippen molar-refractivity contribution in [3.8, 4) is 0 Å². The number of nitrogens with one attached hydrogen (secondary N) is 1. The van der Waals surface area contributed by atoms with Crippen LogP contribution in [-0.4, -0.2) is 26.8 Å². The highest BCUT2D eigenvalue weighted by Gasteiger charge is 2.23. The second-order valence-electron chi connectivity index (χ2n) is 6.24. The lowest BCUT2D eigenvalue weighted by Crippen LogP contribution is -2.36. The van der Waals surface area contributed by atoms with Crippen LogP contribution in [-0.2, 0) is 6.54 Å². The Balaban J connectivity index is 2.08. The van der Waals surface area contributed by atoms with Crippen LogP contribution in [0, 0.1) is 18.6 Å². The van der Waals surface area contributed by atoms with E-state index in [1.54, 1.807) is 17.3 Å². The van der Waals surface area contributed by atoms with E-state index in [4.69, 9.17) is 0 Å². The maximum Gasteiger partial charge on any atom is 0.266 e. The minimum Gasteiger partial charge on any atom is -0.331 e. The molecule has 1 aromatic carbocycles. The van der Waals surface area contributed by atoms with Crippen molar-refractivity contribution in [3.05, 3.63) is 61.8 Å². The van der Waals surface area contributed by atoms with Gasteiger partial charge in [0, 0.05) is 24.0 Å². The summed E-state index contributed by atoms with van der Waals surface area (Å²) in [7, 11) is 0. The number of halogens is 2. The summed E-state index contributed by atoms with van der Waals surface area (Å²) in [6, 6.07) is 3.56. The Kier molecular flexibility index (Phi) is 4.86. The molecular formula is C18H17F2N3O2S. The van der Waals surface area contributed by atoms with Gasteiger partial charge in [-0.2, -0.15) is 0 Å². The van der Waals surface area contributed by atoms with Crippen molar-refractivity contribution in [1.82, 2.24) is 14.9 Å². The molecule has 26 heavy (non-hydrogen) atoms. The topological polar surface area (TPSA) is 66.1 Å². The molecule has 0 aliphatic heterocycles. The van der Waals surface area contributed by atoms with Crippen LogP contribution in [0.25, 0.3) is 10.9 Å². The summed E-state index contributed by atoms with van der Waals surface area (Å²) >= 11 is 1.25. The van der Waals surface area contributed by atoms with E-state index in [-0.39, 0.29) is 24.0 Å². The molecule has 0 aliphatic rings. The van der Waals surface area contributed by atoms with E-state index in [2.05, 4.69) is 9.97 Å². The van der Waals surface area contributed by atoms with Gasteiger partial charge in [0.25, 0.3) is 5.91 Å². The summed E-state index contributed by atoms with van der Waals surface area (Å²) in [6.07, 6.45) is 0. The molecule has 2 aromatic heterocycles. The van der Waals surface area contributed by atoms with Crippen molar-refractivity contribution in [2.45, 2.75) is 33.4 Å². The minimum atomic E-state index is -1.11. The molecule has 1 amide bonds. The Morgan fingerprint density at radius 1 is 1.35 bits per heavy atom. The van der Waals surface area contributed by atoms with Crippen LogP contribution < -0.4 is 5.56 Å². The Labute approximate surface area is 152 Å². The third kappa shape index (κ3) is 3.24. The molecule has 2 heterocycles. The highest BCUT2D eigenvalue weighted by Crippen LogP contribution is 2.24. The van der Waals surface area contributed by atoms with Crippen molar-refractivity contribution in [1.29, 1.82) is 0 Å². The molecule has 0 atom stereocenters. The van der Waals surface area contributed by atoms with Crippen LogP contribution in [0.15, 0.2) is 28.5 Å². The van der Waals surface area contributed by atoms with Crippen LogP contribution in [0.1, 0.15) is 34.8 Å². The zero-order valence-corrected chi connectivity index (χ0v) is 15.3. The van der Waals surface area contributed by atoms with E-state index in [1.165, 1.54) is 23.5 Å². The van der Waals surface area contributed by atoms with Crippen molar-refractivity contribution < 1.29 is 13.6 Å². The number of aromatic amines is 1. The molecule has 136 valence electrons. The summed E-state index contributed by atoms with van der Waals surface area (Å²) in [5, 5.41) is 0.364. The van der Waals surface area contributed by atoms with E-state index < -0.39 is 17.2 Å². The predicted molar refractivity (Wildman–Crippen MR) is 96.3 cm³/mol. The molecule has 0 spiro atoms. The van der Waals surface area contributed by atoms with Gasteiger partial charge in [-0.1, -0.05) is 0 Å². The summed E-state index contributed by atoms with van der Waals surface area (Å²) in [4.78, 5) is 33.3. The fourth-order valence-electron chi connectivity index (χ4n) is 2.78. The first kappa shape index (κ1) is 18.2. The number of carbonyl (C=O) groups excluding carboxylic acids is 1. The number of aryl methyl sites for hydroxylation is 1. The maximum atomic E-state index is 14.1. The lowest BCUT2D eigenvalue weighted by molar-refractivity contribution is 0.0695. The Morgan fingerprint density at radius 3 is 2.69 bits per heavy atom. The Hall–Kier alpha value is -2.61. The molecule has 1 N–H and O–H groups in total. The van der Waals surface area contributed by atoms with Crippen molar-refractivity contribution >= 4 is 28.1 Å². The molecule has 0 saturated heterocycles. The van der Waals surface area contributed by atoms with Crippen LogP contribution in [0.4, 0.5) is 8.78 Å². The molecule has 0 bridgehead atoms. The first-order valence-electron chi connectivity index (χ1n) is 8.00. The van der Waals surface area contributed by atoms with Gasteiger partial charge < -0.3 is 9.88 Å². The summed E-state index contributed by atoms with van der Waals surface area (Å²) in [6.45, 7) is 5.55. The number of carbonyl (C=O) groups is 1. The first-order valence-corrected chi connectivity index (χ1v) is 8.88. The zero-order chi connectivity index (χ0) is 19.0. The third-order valence-electron chi connectivity index (χ3n) is 4.16. The van der Waals surface area contributed by atoms with Gasteiger partial charge in [0.1, 0.15) is 4.88 Å². The van der Waals surface area contributed by atoms with E-state index in [0.717, 1.165) is 6.07 Å². The van der Waals surface area contributed by atoms with Crippen LogP contribution in [0.2, 0.25) is 0 Å². The number of amides is 1. The second-order valence-corrected chi connectivity index (χ2v) is 7.09. The number of fused-ring (bicyclic) bond motifs is 1. The normalized spacial score (nSPS) is 11.3. The van der Waals surface area contributed by atoms with Gasteiger partial charge in [-0.15, -0.1) is 11.3 Å². The number of hydrogen-bond acceptors (Lipinski definition) is 4. The van der Waals surface area contributed by atoms with Gasteiger partial charge in [-0.3, -0.25) is 9.59 Å². The smallest absolute Gasteiger partial charge is 0.266 e. The summed E-state index contributed by atoms with van der Waals surface area (Å²) in [5.74, 6) is -2.36. The van der Waals surface area contributed by atoms with Crippen LogP contribution in [0.5, 0.6) is 0 Å². The number of aromatic nitrogens is 2. The average molecular weight is 377 g/mol. The second kappa shape index (κ2) is 6.95. The van der Waals surface area contributed by atoms with Gasteiger partial charge in [-0.05, 0) is 38.5 Å². The Morgan fingerprint density at radius 2 is 2.08 bits per heavy atom. The molecule has 3 aromatic rings. The molecule has 0 radical (unpaired) electrons. The number of rotatable bonds is 4. The van der Waals surface area contributed by atoms with E-state index in [0.29, 0.717) is 21.5 Å². The number of H-pyrrole nitrogens is 1. The number of thiazole rings is 1. The lowest BCUT2D eigenvalue weighted by atomic mass is 10.1. The first-order chi connectivity index (χ1) is 12.3. The van der Waals surface area contributed by atoms with Gasteiger partial charge in [0.2, 0.25) is 5.56 Å². The molecule has 5 nitrogen and oxygen atoms in total. The van der Waals surface area contributed by atoms with Gasteiger partial charge in [-0.25, -0.2) is 13.8 Å². The van der Waals surface area contributed by atoms with Crippen molar-refractivity contribution in [2.75, 3.05) is 0 Å². The van der Waals surface area contributed by atoms with Crippen molar-refractivity contribution in [2.24, 2.45) is 0 Å². The largest absolute Gasteiger partial charge is 0.331 e. The number of nitrogens with zero attached hydrogens (tertiary/aromatic N) is 2. The van der Waals surface area contributed by atoms with Crippen LogP contribution in [0.3, 0.4) is 0 Å². The molecular weight excluding hydrogens is 360 g/mol. The standard InChI is InChI=1S/C18H17F2N3O2S/c1-9(2)23(18(25)17-10(3)21-8-26-17)7-11-6-14(24)22-16-12(11)4-5-13(19)15(16)20/h4-6,8-9H,7H2,1-3H3,(H,22,24). The highest BCUT2D eigenvalue weighted by atomic mass is 32.1. The summed E-state index contributed by atoms with van der Waals surface area (Å²) in [5.41, 5.74) is 1.93. The van der Waals surface area contributed by atoms with E-state index >= 15 is 0 Å². The van der Waals surface area contributed by atoms with Gasteiger partial charge in [0.05, 0.1) is 16.7 Å². The Bertz CT molecular complexity index is 1040. The van der Waals surface area contributed by atoms with E-state index in [1.807, 2.05) is 13.8 Å². The van der Waals surface area contributed by atoms with E-state index in [9.17, 15) is 18.4 Å². The average Bonchev–Trinajstić information content (AvgIpc) is 3.01. The maximum absolute atomic E-state index is 14.1. The molecule has 3 rings (SSSR count). The fraction of sp³-hybridized carbons (Fsp3) is 0.278. The zero-order valence-electron chi connectivity index (χ0n) is 14.5. The number of hydrogen-bond donors (Lipinski definition) is 1. The SMILES string of the molecule is Cc1ncsc1C(=O)N(Cc1cc(=O)[nH]c2c(F)c(F)ccc12)C(C)C. The quantitative estimate of drug-likeness (QED) is 0.755.